The third-order valence-corrected chi connectivity index (χ3v) is 4.01. The minimum absolute atomic E-state index is 0.151. The van der Waals surface area contributed by atoms with Crippen molar-refractivity contribution in [3.05, 3.63) is 0 Å². The van der Waals surface area contributed by atoms with Crippen LogP contribution in [0.1, 0.15) is 38.5 Å². The molecule has 0 radical (unpaired) electrons. The number of hydrogen-bond acceptors (Lipinski definition) is 3. The van der Waals surface area contributed by atoms with E-state index in [2.05, 4.69) is 5.32 Å². The Labute approximate surface area is 108 Å². The Balaban J connectivity index is 1.82. The minimum Gasteiger partial charge on any atom is -0.369 e. The fourth-order valence-corrected chi connectivity index (χ4v) is 2.87. The van der Waals surface area contributed by atoms with E-state index >= 15 is 0 Å². The smallest absolute Gasteiger partial charge is 0.224 e. The van der Waals surface area contributed by atoms with Gasteiger partial charge in [0.1, 0.15) is 0 Å². The summed E-state index contributed by atoms with van der Waals surface area (Å²) >= 11 is 0. The van der Waals surface area contributed by atoms with Crippen molar-refractivity contribution in [2.24, 2.45) is 11.7 Å². The van der Waals surface area contributed by atoms with Gasteiger partial charge in [-0.15, -0.1) is 0 Å². The number of nitrogens with zero attached hydrogens (tertiary/aromatic N) is 1. The fraction of sp³-hybridized carbons (Fsp3) is 0.846. The Morgan fingerprint density at radius 3 is 2.72 bits per heavy atom. The Kier molecular flexibility index (Phi) is 4.58. The average molecular weight is 253 g/mol. The van der Waals surface area contributed by atoms with Crippen LogP contribution in [0.2, 0.25) is 0 Å². The maximum absolute atomic E-state index is 12.2. The second-order valence-corrected chi connectivity index (χ2v) is 5.43. The lowest BCUT2D eigenvalue weighted by molar-refractivity contribution is -0.135. The average Bonchev–Trinajstić information content (AvgIpc) is 2.40. The summed E-state index contributed by atoms with van der Waals surface area (Å²) in [6.07, 6.45) is 5.76. The zero-order chi connectivity index (χ0) is 13.0. The van der Waals surface area contributed by atoms with Crippen molar-refractivity contribution in [2.45, 2.75) is 44.6 Å². The maximum Gasteiger partial charge on any atom is 0.224 e. The standard InChI is InChI=1S/C13H23N3O2/c14-13(18)10-4-3-7-16(9-10)12(17)8-11-5-1-2-6-15-11/h10-11,15H,1-9H2,(H2,14,18). The van der Waals surface area contributed by atoms with Gasteiger partial charge in [-0.25, -0.2) is 0 Å². The molecular formula is C13H23N3O2. The van der Waals surface area contributed by atoms with Gasteiger partial charge in [0.15, 0.2) is 0 Å². The summed E-state index contributed by atoms with van der Waals surface area (Å²) in [6.45, 7) is 2.30. The molecular weight excluding hydrogens is 230 g/mol. The molecule has 102 valence electrons. The number of likely N-dealkylation sites (tertiary alicyclic amines) is 1. The van der Waals surface area contributed by atoms with Gasteiger partial charge in [-0.3, -0.25) is 9.59 Å². The molecule has 2 aliphatic heterocycles. The number of piperidine rings is 2. The molecule has 0 bridgehead atoms. The zero-order valence-electron chi connectivity index (χ0n) is 10.9. The highest BCUT2D eigenvalue weighted by molar-refractivity contribution is 5.80. The third kappa shape index (κ3) is 3.45. The second-order valence-electron chi connectivity index (χ2n) is 5.43. The van der Waals surface area contributed by atoms with Gasteiger partial charge in [0.2, 0.25) is 11.8 Å². The van der Waals surface area contributed by atoms with Crippen LogP contribution in [0.3, 0.4) is 0 Å². The van der Waals surface area contributed by atoms with Gasteiger partial charge in [-0.1, -0.05) is 6.42 Å². The van der Waals surface area contributed by atoms with Crippen molar-refractivity contribution >= 4 is 11.8 Å². The Morgan fingerprint density at radius 2 is 2.06 bits per heavy atom. The van der Waals surface area contributed by atoms with Crippen LogP contribution in [0.25, 0.3) is 0 Å². The molecule has 2 amide bonds. The molecule has 2 rings (SSSR count). The molecule has 2 fully saturated rings. The highest BCUT2D eigenvalue weighted by Gasteiger charge is 2.28. The monoisotopic (exact) mass is 253 g/mol. The summed E-state index contributed by atoms with van der Waals surface area (Å²) in [7, 11) is 0. The van der Waals surface area contributed by atoms with Gasteiger partial charge in [-0.2, -0.15) is 0 Å². The van der Waals surface area contributed by atoms with Crippen LogP contribution in [0.4, 0.5) is 0 Å². The molecule has 2 unspecified atom stereocenters. The molecule has 5 heteroatoms. The zero-order valence-corrected chi connectivity index (χ0v) is 10.9. The van der Waals surface area contributed by atoms with Crippen molar-refractivity contribution in [3.8, 4) is 0 Å². The summed E-state index contributed by atoms with van der Waals surface area (Å²) in [5.41, 5.74) is 5.32. The van der Waals surface area contributed by atoms with E-state index in [0.717, 1.165) is 32.4 Å². The molecule has 0 spiro atoms. The lowest BCUT2D eigenvalue weighted by Gasteiger charge is -2.33. The van der Waals surface area contributed by atoms with Crippen molar-refractivity contribution in [1.29, 1.82) is 0 Å². The lowest BCUT2D eigenvalue weighted by atomic mass is 9.96. The van der Waals surface area contributed by atoms with E-state index in [4.69, 9.17) is 5.73 Å². The molecule has 3 N–H and O–H groups in total. The van der Waals surface area contributed by atoms with Crippen molar-refractivity contribution < 1.29 is 9.59 Å². The van der Waals surface area contributed by atoms with Crippen LogP contribution in [-0.2, 0) is 9.59 Å². The summed E-state index contributed by atoms with van der Waals surface area (Å²) < 4.78 is 0. The van der Waals surface area contributed by atoms with Gasteiger partial charge >= 0.3 is 0 Å². The molecule has 2 aliphatic rings. The van der Waals surface area contributed by atoms with Crippen molar-refractivity contribution in [1.82, 2.24) is 10.2 Å². The van der Waals surface area contributed by atoms with Crippen LogP contribution in [0, 0.1) is 5.92 Å². The number of nitrogens with two attached hydrogens (primary N) is 1. The van der Waals surface area contributed by atoms with Gasteiger partial charge in [-0.05, 0) is 32.2 Å². The normalized spacial score (nSPS) is 29.0. The molecule has 0 saturated carbocycles. The first-order chi connectivity index (χ1) is 8.66. The number of rotatable bonds is 3. The first kappa shape index (κ1) is 13.3. The maximum atomic E-state index is 12.2. The second kappa shape index (κ2) is 6.18. The van der Waals surface area contributed by atoms with Crippen LogP contribution in [-0.4, -0.2) is 42.4 Å². The summed E-state index contributed by atoms with van der Waals surface area (Å²) in [5.74, 6) is -0.259. The fourth-order valence-electron chi connectivity index (χ4n) is 2.87. The van der Waals surface area contributed by atoms with Gasteiger partial charge in [0, 0.05) is 25.6 Å². The van der Waals surface area contributed by atoms with E-state index in [0.29, 0.717) is 19.0 Å². The Morgan fingerprint density at radius 1 is 1.22 bits per heavy atom. The molecule has 2 atom stereocenters. The molecule has 0 aromatic carbocycles. The van der Waals surface area contributed by atoms with E-state index in [-0.39, 0.29) is 17.7 Å². The van der Waals surface area contributed by atoms with Crippen LogP contribution >= 0.6 is 0 Å². The largest absolute Gasteiger partial charge is 0.369 e. The highest BCUT2D eigenvalue weighted by atomic mass is 16.2. The molecule has 18 heavy (non-hydrogen) atoms. The Hall–Kier alpha value is -1.10. The van der Waals surface area contributed by atoms with E-state index in [1.54, 1.807) is 0 Å². The predicted molar refractivity (Wildman–Crippen MR) is 68.8 cm³/mol. The number of carbonyl (C=O) groups is 2. The van der Waals surface area contributed by atoms with Crippen molar-refractivity contribution in [2.75, 3.05) is 19.6 Å². The molecule has 2 heterocycles. The van der Waals surface area contributed by atoms with Gasteiger partial charge in [0.25, 0.3) is 0 Å². The van der Waals surface area contributed by atoms with Gasteiger partial charge < -0.3 is 16.0 Å². The lowest BCUT2D eigenvalue weighted by Crippen LogP contribution is -2.46. The van der Waals surface area contributed by atoms with E-state index < -0.39 is 0 Å². The Bertz CT molecular complexity index is 313. The molecule has 0 aliphatic carbocycles. The highest BCUT2D eigenvalue weighted by Crippen LogP contribution is 2.18. The summed E-state index contributed by atoms with van der Waals surface area (Å²) in [5, 5.41) is 3.38. The van der Waals surface area contributed by atoms with Crippen LogP contribution in [0.15, 0.2) is 0 Å². The molecule has 0 aromatic heterocycles. The van der Waals surface area contributed by atoms with Crippen LogP contribution < -0.4 is 11.1 Å². The number of nitrogens with one attached hydrogen (secondary N) is 1. The van der Waals surface area contributed by atoms with E-state index in [1.165, 1.54) is 12.8 Å². The van der Waals surface area contributed by atoms with E-state index in [9.17, 15) is 9.59 Å². The number of carbonyl (C=O) groups excluding carboxylic acids is 2. The molecule has 5 nitrogen and oxygen atoms in total. The first-order valence-electron chi connectivity index (χ1n) is 6.97. The number of amides is 2. The third-order valence-electron chi connectivity index (χ3n) is 4.01. The van der Waals surface area contributed by atoms with Crippen LogP contribution in [0.5, 0.6) is 0 Å². The summed E-state index contributed by atoms with van der Waals surface area (Å²) in [6, 6.07) is 0.320. The SMILES string of the molecule is NC(=O)C1CCCN(C(=O)CC2CCCCN2)C1. The molecule has 0 aromatic rings. The number of primary amides is 1. The summed E-state index contributed by atoms with van der Waals surface area (Å²) in [4.78, 5) is 25.2. The minimum atomic E-state index is -0.275. The number of hydrogen-bond donors (Lipinski definition) is 2. The van der Waals surface area contributed by atoms with Gasteiger partial charge in [0.05, 0.1) is 5.92 Å². The van der Waals surface area contributed by atoms with Crippen molar-refractivity contribution in [3.63, 3.8) is 0 Å². The molecule has 2 saturated heterocycles. The van der Waals surface area contributed by atoms with E-state index in [1.807, 2.05) is 4.90 Å². The first-order valence-corrected chi connectivity index (χ1v) is 6.97. The quantitative estimate of drug-likeness (QED) is 0.756. The topological polar surface area (TPSA) is 75.4 Å². The predicted octanol–water partition coefficient (Wildman–Crippen LogP) is 0.242.